The van der Waals surface area contributed by atoms with Crippen molar-refractivity contribution in [2.45, 2.75) is 6.42 Å². The Morgan fingerprint density at radius 1 is 1.12 bits per heavy atom. The van der Waals surface area contributed by atoms with Gasteiger partial charge >= 0.3 is 0 Å². The molecule has 0 N–H and O–H groups in total. The van der Waals surface area contributed by atoms with Crippen molar-refractivity contribution in [2.24, 2.45) is 0 Å². The number of hydrogen-bond donors (Lipinski definition) is 0. The lowest BCUT2D eigenvalue weighted by atomic mass is 10.2. The molecule has 0 bridgehead atoms. The number of benzene rings is 1. The van der Waals surface area contributed by atoms with Crippen LogP contribution in [0.25, 0.3) is 0 Å². The lowest BCUT2D eigenvalue weighted by molar-refractivity contribution is 0.0741. The highest BCUT2D eigenvalue weighted by Gasteiger charge is 2.17. The van der Waals surface area contributed by atoms with Crippen molar-refractivity contribution in [3.8, 4) is 0 Å². The van der Waals surface area contributed by atoms with Crippen molar-refractivity contribution in [1.29, 1.82) is 0 Å². The van der Waals surface area contributed by atoms with Crippen LogP contribution in [0.2, 0.25) is 0 Å². The lowest BCUT2D eigenvalue weighted by Crippen LogP contribution is -2.33. The van der Waals surface area contributed by atoms with Gasteiger partial charge in [0, 0.05) is 34.2 Å². The monoisotopic (exact) mass is 361 g/mol. The van der Waals surface area contributed by atoms with Crippen molar-refractivity contribution in [3.05, 3.63) is 32.7 Å². The third-order valence-corrected chi connectivity index (χ3v) is 3.53. The van der Waals surface area contributed by atoms with E-state index >= 15 is 0 Å². The average molecular weight is 363 g/mol. The van der Waals surface area contributed by atoms with E-state index in [4.69, 9.17) is 4.74 Å². The summed E-state index contributed by atoms with van der Waals surface area (Å²) >= 11 is 6.79. The molecule has 0 radical (unpaired) electrons. The van der Waals surface area contributed by atoms with Crippen LogP contribution >= 0.6 is 31.9 Å². The summed E-state index contributed by atoms with van der Waals surface area (Å²) in [4.78, 5) is 14.1. The van der Waals surface area contributed by atoms with Gasteiger partial charge in [0.15, 0.2) is 0 Å². The molecule has 1 fully saturated rings. The van der Waals surface area contributed by atoms with Crippen LogP contribution in [0.5, 0.6) is 0 Å². The van der Waals surface area contributed by atoms with E-state index in [0.29, 0.717) is 18.7 Å². The first-order valence-corrected chi connectivity index (χ1v) is 7.08. The predicted octanol–water partition coefficient (Wildman–Crippen LogP) is 3.07. The molecule has 0 aliphatic carbocycles. The minimum absolute atomic E-state index is 0.0671. The topological polar surface area (TPSA) is 29.5 Å². The van der Waals surface area contributed by atoms with Gasteiger partial charge in [-0.2, -0.15) is 0 Å². The van der Waals surface area contributed by atoms with E-state index < -0.39 is 0 Å². The zero-order valence-electron chi connectivity index (χ0n) is 9.29. The smallest absolute Gasteiger partial charge is 0.254 e. The SMILES string of the molecule is O=C(c1cc(Br)cc(Br)c1)N1CCCOCC1. The van der Waals surface area contributed by atoms with Gasteiger partial charge in [0.1, 0.15) is 0 Å². The van der Waals surface area contributed by atoms with E-state index in [1.165, 1.54) is 0 Å². The fourth-order valence-corrected chi connectivity index (χ4v) is 3.10. The summed E-state index contributed by atoms with van der Waals surface area (Å²) in [6.45, 7) is 2.80. The second-order valence-electron chi connectivity index (χ2n) is 3.92. The van der Waals surface area contributed by atoms with E-state index in [1.807, 2.05) is 23.1 Å². The zero-order valence-corrected chi connectivity index (χ0v) is 12.5. The van der Waals surface area contributed by atoms with Crippen LogP contribution in [0.4, 0.5) is 0 Å². The molecule has 0 atom stereocenters. The summed E-state index contributed by atoms with van der Waals surface area (Å²) in [7, 11) is 0. The molecule has 1 aromatic rings. The van der Waals surface area contributed by atoms with Crippen molar-refractivity contribution >= 4 is 37.8 Å². The average Bonchev–Trinajstić information content (AvgIpc) is 2.55. The predicted molar refractivity (Wildman–Crippen MR) is 73.2 cm³/mol. The summed E-state index contributed by atoms with van der Waals surface area (Å²) in [5, 5.41) is 0. The largest absolute Gasteiger partial charge is 0.380 e. The molecule has 92 valence electrons. The fourth-order valence-electron chi connectivity index (χ4n) is 1.81. The van der Waals surface area contributed by atoms with Gasteiger partial charge in [-0.25, -0.2) is 0 Å². The Morgan fingerprint density at radius 2 is 1.82 bits per heavy atom. The molecule has 1 heterocycles. The van der Waals surface area contributed by atoms with Crippen molar-refractivity contribution in [3.63, 3.8) is 0 Å². The van der Waals surface area contributed by atoms with Gasteiger partial charge in [-0.1, -0.05) is 31.9 Å². The second-order valence-corrected chi connectivity index (χ2v) is 5.75. The minimum atomic E-state index is 0.0671. The first-order valence-electron chi connectivity index (χ1n) is 5.50. The van der Waals surface area contributed by atoms with Gasteiger partial charge in [0.05, 0.1) is 6.61 Å². The number of halogens is 2. The molecule has 1 amide bonds. The van der Waals surface area contributed by atoms with E-state index in [2.05, 4.69) is 31.9 Å². The molecule has 0 aromatic heterocycles. The van der Waals surface area contributed by atoms with E-state index in [1.54, 1.807) is 0 Å². The van der Waals surface area contributed by atoms with Gasteiger partial charge in [-0.05, 0) is 24.6 Å². The molecule has 2 rings (SSSR count). The Hall–Kier alpha value is -0.390. The van der Waals surface area contributed by atoms with Gasteiger partial charge < -0.3 is 9.64 Å². The highest BCUT2D eigenvalue weighted by atomic mass is 79.9. The maximum absolute atomic E-state index is 12.3. The normalized spacial score (nSPS) is 16.7. The van der Waals surface area contributed by atoms with Crippen LogP contribution in [0, 0.1) is 0 Å². The number of carbonyl (C=O) groups excluding carboxylic acids is 1. The lowest BCUT2D eigenvalue weighted by Gasteiger charge is -2.19. The standard InChI is InChI=1S/C12H13Br2NO2/c13-10-6-9(7-11(14)8-10)12(16)15-2-1-4-17-5-3-15/h6-8H,1-5H2. The van der Waals surface area contributed by atoms with Crippen molar-refractivity contribution in [1.82, 2.24) is 4.90 Å². The third-order valence-electron chi connectivity index (χ3n) is 2.62. The Morgan fingerprint density at radius 3 is 2.53 bits per heavy atom. The van der Waals surface area contributed by atoms with Crippen LogP contribution in [0.15, 0.2) is 27.1 Å². The highest BCUT2D eigenvalue weighted by Crippen LogP contribution is 2.21. The maximum Gasteiger partial charge on any atom is 0.254 e. The Balaban J connectivity index is 2.17. The van der Waals surface area contributed by atoms with Crippen molar-refractivity contribution < 1.29 is 9.53 Å². The molecule has 1 aliphatic rings. The van der Waals surface area contributed by atoms with Crippen LogP contribution < -0.4 is 0 Å². The summed E-state index contributed by atoms with van der Waals surface area (Å²) in [5.74, 6) is 0.0671. The molecule has 5 heteroatoms. The maximum atomic E-state index is 12.3. The van der Waals surface area contributed by atoms with Crippen LogP contribution in [-0.2, 0) is 4.74 Å². The summed E-state index contributed by atoms with van der Waals surface area (Å²) in [6, 6.07) is 5.61. The summed E-state index contributed by atoms with van der Waals surface area (Å²) in [5.41, 5.74) is 0.702. The molecule has 1 aromatic carbocycles. The summed E-state index contributed by atoms with van der Waals surface area (Å²) < 4.78 is 7.15. The Labute approximate surface area is 117 Å². The van der Waals surface area contributed by atoms with Crippen molar-refractivity contribution in [2.75, 3.05) is 26.3 Å². The molecular formula is C12H13Br2NO2. The molecule has 1 aliphatic heterocycles. The molecule has 0 unspecified atom stereocenters. The summed E-state index contributed by atoms with van der Waals surface area (Å²) in [6.07, 6.45) is 0.904. The van der Waals surface area contributed by atoms with Crippen LogP contribution in [-0.4, -0.2) is 37.1 Å². The van der Waals surface area contributed by atoms with Gasteiger partial charge in [0.2, 0.25) is 0 Å². The Kier molecular flexibility index (Phi) is 4.59. The first-order chi connectivity index (χ1) is 8.16. The highest BCUT2D eigenvalue weighted by molar-refractivity contribution is 9.11. The molecule has 0 saturated carbocycles. The first kappa shape index (κ1) is 13.1. The fraction of sp³-hybridized carbons (Fsp3) is 0.417. The number of hydrogen-bond acceptors (Lipinski definition) is 2. The number of nitrogens with zero attached hydrogens (tertiary/aromatic N) is 1. The Bertz CT molecular complexity index is 395. The van der Waals surface area contributed by atoms with Gasteiger partial charge in [0.25, 0.3) is 5.91 Å². The molecular weight excluding hydrogens is 350 g/mol. The van der Waals surface area contributed by atoms with Gasteiger partial charge in [-0.3, -0.25) is 4.79 Å². The number of ether oxygens (including phenoxy) is 1. The van der Waals surface area contributed by atoms with E-state index in [9.17, 15) is 4.79 Å². The zero-order chi connectivity index (χ0) is 12.3. The molecule has 1 saturated heterocycles. The number of amides is 1. The quantitative estimate of drug-likeness (QED) is 0.768. The second kappa shape index (κ2) is 5.98. The van der Waals surface area contributed by atoms with E-state index in [-0.39, 0.29) is 5.91 Å². The molecule has 0 spiro atoms. The molecule has 17 heavy (non-hydrogen) atoms. The van der Waals surface area contributed by atoms with Crippen LogP contribution in [0.3, 0.4) is 0 Å². The van der Waals surface area contributed by atoms with Gasteiger partial charge in [-0.15, -0.1) is 0 Å². The minimum Gasteiger partial charge on any atom is -0.380 e. The molecule has 3 nitrogen and oxygen atoms in total. The number of carbonyl (C=O) groups is 1. The van der Waals surface area contributed by atoms with E-state index in [0.717, 1.165) is 28.5 Å². The third kappa shape index (κ3) is 3.53. The van der Waals surface area contributed by atoms with Crippen LogP contribution in [0.1, 0.15) is 16.8 Å². The number of rotatable bonds is 1.